The van der Waals surface area contributed by atoms with E-state index in [-0.39, 0.29) is 0 Å². The maximum absolute atomic E-state index is 5.95. The molecule has 20 heavy (non-hydrogen) atoms. The van der Waals surface area contributed by atoms with Crippen molar-refractivity contribution in [2.75, 3.05) is 0 Å². The van der Waals surface area contributed by atoms with Crippen molar-refractivity contribution < 1.29 is 4.74 Å². The fraction of sp³-hybridized carbons (Fsp3) is 0.235. The molecule has 1 aromatic heterocycles. The van der Waals surface area contributed by atoms with Crippen molar-refractivity contribution in [3.8, 4) is 5.88 Å². The molecule has 0 saturated carbocycles. The third-order valence-electron chi connectivity index (χ3n) is 3.57. The molecule has 0 aliphatic heterocycles. The number of benzene rings is 1. The number of aromatic nitrogens is 1. The van der Waals surface area contributed by atoms with Crippen LogP contribution in [0.25, 0.3) is 6.08 Å². The molecule has 1 aliphatic carbocycles. The number of hydrogen-bond acceptors (Lipinski definition) is 2. The van der Waals surface area contributed by atoms with Gasteiger partial charge < -0.3 is 4.74 Å². The molecule has 0 saturated heterocycles. The molecular weight excluding hydrogens is 314 g/mol. The third-order valence-corrected chi connectivity index (χ3v) is 4.13. The summed E-state index contributed by atoms with van der Waals surface area (Å²) in [6, 6.07) is 10.2. The van der Waals surface area contributed by atoms with Crippen LogP contribution in [0.3, 0.4) is 0 Å². The van der Waals surface area contributed by atoms with Gasteiger partial charge in [-0.05, 0) is 30.0 Å². The van der Waals surface area contributed by atoms with Crippen LogP contribution in [-0.2, 0) is 18.4 Å². The lowest BCUT2D eigenvalue weighted by molar-refractivity contribution is 0.290. The van der Waals surface area contributed by atoms with Crippen LogP contribution >= 0.6 is 15.9 Å². The molecule has 2 aromatic rings. The van der Waals surface area contributed by atoms with Crippen molar-refractivity contribution >= 4 is 22.0 Å². The first kappa shape index (κ1) is 13.4. The quantitative estimate of drug-likeness (QED) is 0.774. The van der Waals surface area contributed by atoms with Gasteiger partial charge in [0.05, 0.1) is 0 Å². The van der Waals surface area contributed by atoms with Crippen molar-refractivity contribution in [2.45, 2.75) is 25.3 Å². The summed E-state index contributed by atoms with van der Waals surface area (Å²) in [5.74, 6) is 0.744. The number of halogens is 1. The highest BCUT2D eigenvalue weighted by Gasteiger charge is 2.18. The van der Waals surface area contributed by atoms with Gasteiger partial charge in [-0.15, -0.1) is 0 Å². The number of alkyl halides is 1. The molecule has 0 fully saturated rings. The second-order valence-corrected chi connectivity index (χ2v) is 5.45. The Hall–Kier alpha value is -1.61. The van der Waals surface area contributed by atoms with Gasteiger partial charge in [-0.3, -0.25) is 0 Å². The van der Waals surface area contributed by atoms with Gasteiger partial charge in [-0.25, -0.2) is 4.98 Å². The van der Waals surface area contributed by atoms with Crippen molar-refractivity contribution in [3.05, 3.63) is 64.4 Å². The van der Waals surface area contributed by atoms with Crippen LogP contribution in [0.5, 0.6) is 5.88 Å². The molecule has 1 heterocycles. The molecular formula is C17H16BrNO. The average Bonchev–Trinajstić information content (AvgIpc) is 2.96. The zero-order chi connectivity index (χ0) is 13.9. The Kier molecular flexibility index (Phi) is 3.88. The van der Waals surface area contributed by atoms with Gasteiger partial charge in [0.1, 0.15) is 6.61 Å². The Balaban J connectivity index is 1.90. The van der Waals surface area contributed by atoms with Crippen LogP contribution in [0.4, 0.5) is 0 Å². The highest BCUT2D eigenvalue weighted by molar-refractivity contribution is 9.08. The minimum atomic E-state index is 0.551. The fourth-order valence-corrected chi connectivity index (χ4v) is 3.05. The van der Waals surface area contributed by atoms with E-state index >= 15 is 0 Å². The minimum Gasteiger partial charge on any atom is -0.473 e. The molecule has 0 N–H and O–H groups in total. The molecule has 0 atom stereocenters. The Morgan fingerprint density at radius 2 is 2.05 bits per heavy atom. The van der Waals surface area contributed by atoms with E-state index < -0.39 is 0 Å². The van der Waals surface area contributed by atoms with Gasteiger partial charge in [0, 0.05) is 16.6 Å². The number of nitrogens with zero attached hydrogens (tertiary/aromatic N) is 1. The number of ether oxygens (including phenoxy) is 1. The SMILES string of the molecule is Cc1nc(OCc2ccccc2)c(CBr)c2c1CC=C2. The van der Waals surface area contributed by atoms with Gasteiger partial charge in [-0.1, -0.05) is 58.4 Å². The standard InChI is InChI=1S/C17H16BrNO/c1-12-14-8-5-9-15(14)16(10-18)17(19-12)20-11-13-6-3-2-4-7-13/h2-7,9H,8,10-11H2,1H3. The van der Waals surface area contributed by atoms with Gasteiger partial charge in [0.25, 0.3) is 0 Å². The molecule has 1 aliphatic rings. The molecule has 0 unspecified atom stereocenters. The van der Waals surface area contributed by atoms with Crippen molar-refractivity contribution in [2.24, 2.45) is 0 Å². The second kappa shape index (κ2) is 5.80. The number of allylic oxidation sites excluding steroid dienone is 1. The first-order chi connectivity index (χ1) is 9.79. The molecule has 0 amide bonds. The van der Waals surface area contributed by atoms with E-state index in [1.807, 2.05) is 18.2 Å². The molecule has 2 nitrogen and oxygen atoms in total. The van der Waals surface area contributed by atoms with Crippen molar-refractivity contribution in [1.29, 1.82) is 0 Å². The molecule has 0 radical (unpaired) electrons. The summed E-state index contributed by atoms with van der Waals surface area (Å²) in [5, 5.41) is 0.761. The number of hydrogen-bond donors (Lipinski definition) is 0. The Labute approximate surface area is 127 Å². The summed E-state index contributed by atoms with van der Waals surface area (Å²) in [6.45, 7) is 2.61. The monoisotopic (exact) mass is 329 g/mol. The van der Waals surface area contributed by atoms with Gasteiger partial charge in [-0.2, -0.15) is 0 Å². The van der Waals surface area contributed by atoms with Crippen LogP contribution in [-0.4, -0.2) is 4.98 Å². The fourth-order valence-electron chi connectivity index (χ4n) is 2.51. The molecule has 0 spiro atoms. The maximum Gasteiger partial charge on any atom is 0.218 e. The minimum absolute atomic E-state index is 0.551. The van der Waals surface area contributed by atoms with E-state index in [0.29, 0.717) is 6.61 Å². The zero-order valence-electron chi connectivity index (χ0n) is 11.4. The lowest BCUT2D eigenvalue weighted by Gasteiger charge is -2.14. The highest BCUT2D eigenvalue weighted by Crippen LogP contribution is 2.33. The summed E-state index contributed by atoms with van der Waals surface area (Å²) in [4.78, 5) is 4.64. The van der Waals surface area contributed by atoms with E-state index in [1.54, 1.807) is 0 Å². The normalized spacial score (nSPS) is 12.5. The summed E-state index contributed by atoms with van der Waals surface area (Å²) in [6.07, 6.45) is 5.34. The highest BCUT2D eigenvalue weighted by atomic mass is 79.9. The predicted molar refractivity (Wildman–Crippen MR) is 85.1 cm³/mol. The summed E-state index contributed by atoms with van der Waals surface area (Å²) >= 11 is 3.56. The summed E-state index contributed by atoms with van der Waals surface area (Å²) < 4.78 is 5.95. The van der Waals surface area contributed by atoms with Crippen molar-refractivity contribution in [1.82, 2.24) is 4.98 Å². The van der Waals surface area contributed by atoms with Gasteiger partial charge >= 0.3 is 0 Å². The van der Waals surface area contributed by atoms with Crippen molar-refractivity contribution in [3.63, 3.8) is 0 Å². The Morgan fingerprint density at radius 1 is 1.25 bits per heavy atom. The van der Waals surface area contributed by atoms with E-state index in [4.69, 9.17) is 4.74 Å². The number of aryl methyl sites for hydroxylation is 1. The van der Waals surface area contributed by atoms with E-state index in [9.17, 15) is 0 Å². The smallest absolute Gasteiger partial charge is 0.218 e. The second-order valence-electron chi connectivity index (χ2n) is 4.89. The topological polar surface area (TPSA) is 22.1 Å². The number of pyridine rings is 1. The first-order valence-electron chi connectivity index (χ1n) is 6.71. The largest absolute Gasteiger partial charge is 0.473 e. The summed E-state index contributed by atoms with van der Waals surface area (Å²) in [5.41, 5.74) is 5.97. The Morgan fingerprint density at radius 3 is 2.80 bits per heavy atom. The van der Waals surface area contributed by atoms with Crippen LogP contribution < -0.4 is 4.74 Å². The number of fused-ring (bicyclic) bond motifs is 1. The van der Waals surface area contributed by atoms with E-state index in [2.05, 4.69) is 52.1 Å². The van der Waals surface area contributed by atoms with E-state index in [0.717, 1.165) is 34.5 Å². The number of rotatable bonds is 4. The Bertz CT molecular complexity index is 650. The molecule has 102 valence electrons. The van der Waals surface area contributed by atoms with E-state index in [1.165, 1.54) is 11.1 Å². The summed E-state index contributed by atoms with van der Waals surface area (Å²) in [7, 11) is 0. The van der Waals surface area contributed by atoms with Crippen LogP contribution in [0.2, 0.25) is 0 Å². The predicted octanol–water partition coefficient (Wildman–Crippen LogP) is 4.43. The van der Waals surface area contributed by atoms with Gasteiger partial charge in [0.2, 0.25) is 5.88 Å². The third kappa shape index (κ3) is 2.50. The molecule has 3 heteroatoms. The lowest BCUT2D eigenvalue weighted by Crippen LogP contribution is -2.05. The van der Waals surface area contributed by atoms with Crippen LogP contribution in [0.15, 0.2) is 36.4 Å². The van der Waals surface area contributed by atoms with Crippen LogP contribution in [0.1, 0.15) is 27.9 Å². The first-order valence-corrected chi connectivity index (χ1v) is 7.83. The van der Waals surface area contributed by atoms with Gasteiger partial charge in [0.15, 0.2) is 0 Å². The zero-order valence-corrected chi connectivity index (χ0v) is 13.0. The maximum atomic E-state index is 5.95. The lowest BCUT2D eigenvalue weighted by atomic mass is 10.0. The molecule has 1 aromatic carbocycles. The molecule has 0 bridgehead atoms. The average molecular weight is 330 g/mol. The molecule has 3 rings (SSSR count). The van der Waals surface area contributed by atoms with Crippen LogP contribution in [0, 0.1) is 6.92 Å².